The average molecular weight is 425 g/mol. The number of nitrogens with zero attached hydrogens (tertiary/aromatic N) is 1. The quantitative estimate of drug-likeness (QED) is 0.608. The number of halogens is 1. The van der Waals surface area contributed by atoms with Gasteiger partial charge in [0.15, 0.2) is 0 Å². The minimum atomic E-state index is -3.28. The zero-order valence-electron chi connectivity index (χ0n) is 16.3. The van der Waals surface area contributed by atoms with Crippen molar-refractivity contribution in [2.45, 2.75) is 62.8 Å². The third kappa shape index (κ3) is 4.78. The predicted octanol–water partition coefficient (Wildman–Crippen LogP) is 4.06. The van der Waals surface area contributed by atoms with Gasteiger partial charge in [0, 0.05) is 23.5 Å². The SMILES string of the molecule is C=CC[C@H]1CCC(c2ccc(Cl)cc2)N(C(CC)CNS(=O)(=O)C2CC2)C1=O. The molecule has 2 aliphatic rings. The number of nitrogens with one attached hydrogen (secondary N) is 1. The van der Waals surface area contributed by atoms with Crippen LogP contribution in [-0.4, -0.2) is 37.1 Å². The Balaban J connectivity index is 1.84. The van der Waals surface area contributed by atoms with Crippen molar-refractivity contribution in [3.8, 4) is 0 Å². The first kappa shape index (κ1) is 21.3. The molecular weight excluding hydrogens is 396 g/mol. The molecule has 3 rings (SSSR count). The van der Waals surface area contributed by atoms with Crippen LogP contribution < -0.4 is 4.72 Å². The van der Waals surface area contributed by atoms with Gasteiger partial charge >= 0.3 is 0 Å². The van der Waals surface area contributed by atoms with E-state index in [4.69, 9.17) is 11.6 Å². The normalized spacial score (nSPS) is 24.2. The first-order valence-electron chi connectivity index (χ1n) is 10.0. The van der Waals surface area contributed by atoms with E-state index >= 15 is 0 Å². The van der Waals surface area contributed by atoms with E-state index in [1.165, 1.54) is 0 Å². The number of sulfonamides is 1. The van der Waals surface area contributed by atoms with Crippen molar-refractivity contribution in [3.63, 3.8) is 0 Å². The fourth-order valence-electron chi connectivity index (χ4n) is 4.00. The van der Waals surface area contributed by atoms with Crippen LogP contribution in [-0.2, 0) is 14.8 Å². The first-order chi connectivity index (χ1) is 13.4. The van der Waals surface area contributed by atoms with E-state index in [1.54, 1.807) is 6.08 Å². The number of allylic oxidation sites excluding steroid dienone is 1. The van der Waals surface area contributed by atoms with Gasteiger partial charge in [-0.2, -0.15) is 0 Å². The van der Waals surface area contributed by atoms with E-state index in [1.807, 2.05) is 36.1 Å². The molecule has 1 aliphatic heterocycles. The van der Waals surface area contributed by atoms with Crippen LogP contribution in [0.1, 0.15) is 57.1 Å². The fourth-order valence-corrected chi connectivity index (χ4v) is 5.54. The molecule has 28 heavy (non-hydrogen) atoms. The number of carbonyl (C=O) groups excluding carboxylic acids is 1. The first-order valence-corrected chi connectivity index (χ1v) is 12.0. The lowest BCUT2D eigenvalue weighted by molar-refractivity contribution is -0.145. The number of amides is 1. The Bertz CT molecular complexity index is 805. The lowest BCUT2D eigenvalue weighted by Gasteiger charge is -2.44. The Hall–Kier alpha value is -1.37. The summed E-state index contributed by atoms with van der Waals surface area (Å²) in [4.78, 5) is 15.2. The Morgan fingerprint density at radius 1 is 1.25 bits per heavy atom. The lowest BCUT2D eigenvalue weighted by atomic mass is 9.85. The van der Waals surface area contributed by atoms with Crippen LogP contribution in [0, 0.1) is 5.92 Å². The summed E-state index contributed by atoms with van der Waals surface area (Å²) in [6.07, 6.45) is 6.22. The summed E-state index contributed by atoms with van der Waals surface area (Å²) in [5, 5.41) is 0.397. The van der Waals surface area contributed by atoms with Crippen LogP contribution in [0.5, 0.6) is 0 Å². The summed E-state index contributed by atoms with van der Waals surface area (Å²) in [7, 11) is -3.28. The highest BCUT2D eigenvalue weighted by atomic mass is 35.5. The largest absolute Gasteiger partial charge is 0.331 e. The average Bonchev–Trinajstić information content (AvgIpc) is 3.52. The molecule has 1 amide bonds. The Morgan fingerprint density at radius 2 is 1.93 bits per heavy atom. The molecule has 2 fully saturated rings. The molecule has 0 radical (unpaired) electrons. The van der Waals surface area contributed by atoms with Crippen LogP contribution in [0.15, 0.2) is 36.9 Å². The number of piperidine rings is 1. The summed E-state index contributed by atoms with van der Waals surface area (Å²) < 4.78 is 27.3. The highest BCUT2D eigenvalue weighted by Gasteiger charge is 2.40. The second kappa shape index (κ2) is 8.97. The van der Waals surface area contributed by atoms with Crippen molar-refractivity contribution < 1.29 is 13.2 Å². The van der Waals surface area contributed by atoms with Gasteiger partial charge in [0.1, 0.15) is 0 Å². The molecule has 154 valence electrons. The maximum atomic E-state index is 13.3. The molecule has 2 unspecified atom stereocenters. The van der Waals surface area contributed by atoms with Crippen molar-refractivity contribution in [1.82, 2.24) is 9.62 Å². The van der Waals surface area contributed by atoms with E-state index in [0.29, 0.717) is 17.9 Å². The summed E-state index contributed by atoms with van der Waals surface area (Å²) in [5.74, 6) is -0.00120. The van der Waals surface area contributed by atoms with Crippen molar-refractivity contribution in [1.29, 1.82) is 0 Å². The standard InChI is InChI=1S/C21H29ClN2O3S/c1-3-5-16-8-13-20(15-6-9-17(22)10-7-15)24(21(16)25)18(4-2)14-23-28(26,27)19-11-12-19/h3,6-7,9-10,16,18-20,23H,1,4-5,8,11-14H2,2H3/t16-,18?,20?/m0/s1. The molecule has 1 aromatic carbocycles. The Morgan fingerprint density at radius 3 is 2.50 bits per heavy atom. The highest BCUT2D eigenvalue weighted by molar-refractivity contribution is 7.90. The van der Waals surface area contributed by atoms with Crippen LogP contribution in [0.4, 0.5) is 0 Å². The third-order valence-corrected chi connectivity index (χ3v) is 7.95. The maximum Gasteiger partial charge on any atom is 0.226 e. The number of hydrogen-bond acceptors (Lipinski definition) is 3. The molecule has 7 heteroatoms. The van der Waals surface area contributed by atoms with Gasteiger partial charge in [-0.1, -0.05) is 36.7 Å². The van der Waals surface area contributed by atoms with Crippen molar-refractivity contribution >= 4 is 27.5 Å². The Kier molecular flexibility index (Phi) is 6.84. The topological polar surface area (TPSA) is 66.5 Å². The van der Waals surface area contributed by atoms with E-state index in [-0.39, 0.29) is 35.7 Å². The Labute approximate surface area is 173 Å². The van der Waals surface area contributed by atoms with Gasteiger partial charge in [-0.15, -0.1) is 6.58 Å². The van der Waals surface area contributed by atoms with Gasteiger partial charge < -0.3 is 4.90 Å². The summed E-state index contributed by atoms with van der Waals surface area (Å²) in [5.41, 5.74) is 1.04. The van der Waals surface area contributed by atoms with Crippen LogP contribution in [0.2, 0.25) is 5.02 Å². The van der Waals surface area contributed by atoms with E-state index in [2.05, 4.69) is 11.3 Å². The zero-order valence-corrected chi connectivity index (χ0v) is 17.9. The molecule has 1 aliphatic carbocycles. The summed E-state index contributed by atoms with van der Waals surface area (Å²) >= 11 is 6.04. The second-order valence-electron chi connectivity index (χ2n) is 7.77. The van der Waals surface area contributed by atoms with Crippen molar-refractivity contribution in [2.75, 3.05) is 6.54 Å². The summed E-state index contributed by atoms with van der Waals surface area (Å²) in [6.45, 7) is 6.04. The van der Waals surface area contributed by atoms with Gasteiger partial charge in [-0.25, -0.2) is 13.1 Å². The molecule has 0 bridgehead atoms. The molecule has 1 heterocycles. The molecular formula is C21H29ClN2O3S. The number of benzene rings is 1. The second-order valence-corrected chi connectivity index (χ2v) is 10.2. The number of likely N-dealkylation sites (tertiary alicyclic amines) is 1. The summed E-state index contributed by atoms with van der Waals surface area (Å²) in [6, 6.07) is 7.35. The van der Waals surface area contributed by atoms with Gasteiger partial charge in [-0.3, -0.25) is 4.79 Å². The van der Waals surface area contributed by atoms with Gasteiger partial charge in [-0.05, 0) is 56.2 Å². The smallest absolute Gasteiger partial charge is 0.226 e. The fraction of sp³-hybridized carbons (Fsp3) is 0.571. The molecule has 1 N–H and O–H groups in total. The predicted molar refractivity (Wildman–Crippen MR) is 113 cm³/mol. The molecule has 1 saturated heterocycles. The maximum absolute atomic E-state index is 13.3. The van der Waals surface area contributed by atoms with Crippen molar-refractivity contribution in [3.05, 3.63) is 47.5 Å². The van der Waals surface area contributed by atoms with E-state index < -0.39 is 10.0 Å². The van der Waals surface area contributed by atoms with Crippen LogP contribution >= 0.6 is 11.6 Å². The highest BCUT2D eigenvalue weighted by Crippen LogP contribution is 2.38. The number of hydrogen-bond donors (Lipinski definition) is 1. The molecule has 1 saturated carbocycles. The van der Waals surface area contributed by atoms with E-state index in [0.717, 1.165) is 31.2 Å². The minimum Gasteiger partial charge on any atom is -0.331 e. The van der Waals surface area contributed by atoms with Crippen LogP contribution in [0.25, 0.3) is 0 Å². The molecule has 1 aromatic rings. The van der Waals surface area contributed by atoms with Gasteiger partial charge in [0.25, 0.3) is 0 Å². The molecule has 0 aromatic heterocycles. The third-order valence-electron chi connectivity index (χ3n) is 5.78. The molecule has 0 spiro atoms. The number of rotatable bonds is 9. The zero-order chi connectivity index (χ0) is 20.3. The van der Waals surface area contributed by atoms with Gasteiger partial charge in [0.05, 0.1) is 11.3 Å². The van der Waals surface area contributed by atoms with Crippen molar-refractivity contribution in [2.24, 2.45) is 5.92 Å². The molecule has 3 atom stereocenters. The van der Waals surface area contributed by atoms with E-state index in [9.17, 15) is 13.2 Å². The van der Waals surface area contributed by atoms with Gasteiger partial charge in [0.2, 0.25) is 15.9 Å². The number of carbonyl (C=O) groups is 1. The molecule has 5 nitrogen and oxygen atoms in total. The van der Waals surface area contributed by atoms with Crippen LogP contribution in [0.3, 0.4) is 0 Å². The lowest BCUT2D eigenvalue weighted by Crippen LogP contribution is -2.52. The minimum absolute atomic E-state index is 0.0683. The monoisotopic (exact) mass is 424 g/mol.